The number of carbonyl (C=O) groups is 4. The summed E-state index contributed by atoms with van der Waals surface area (Å²) in [7, 11) is 0. The molecule has 0 aliphatic carbocycles. The predicted molar refractivity (Wildman–Crippen MR) is 56.2 cm³/mol. The van der Waals surface area contributed by atoms with Gasteiger partial charge in [0.25, 0.3) is 0 Å². The molecule has 0 aromatic rings. The molecule has 19 heavy (non-hydrogen) atoms. The molecule has 2 atom stereocenters. The van der Waals surface area contributed by atoms with Crippen LogP contribution in [-0.2, 0) is 19.2 Å². The van der Waals surface area contributed by atoms with Crippen molar-refractivity contribution < 1.29 is 39.6 Å². The van der Waals surface area contributed by atoms with Crippen LogP contribution in [0.1, 0.15) is 12.8 Å². The Morgan fingerprint density at radius 2 is 1.05 bits per heavy atom. The van der Waals surface area contributed by atoms with Crippen molar-refractivity contribution in [1.82, 2.24) is 0 Å². The molecule has 0 saturated heterocycles. The molecule has 0 amide bonds. The monoisotopic (exact) mass is 472 g/mol. The summed E-state index contributed by atoms with van der Waals surface area (Å²) in [5.74, 6) is -5.58. The predicted octanol–water partition coefficient (Wildman–Crippen LogP) is -5.30. The van der Waals surface area contributed by atoms with Crippen molar-refractivity contribution >= 4 is 51.2 Å². The topological polar surface area (TPSA) is 207 Å². The van der Waals surface area contributed by atoms with E-state index < -0.39 is 48.8 Å². The van der Waals surface area contributed by atoms with Gasteiger partial charge in [0.15, 0.2) is 0 Å². The molecule has 0 fully saturated rings. The van der Waals surface area contributed by atoms with Crippen molar-refractivity contribution in [2.24, 2.45) is 11.5 Å². The van der Waals surface area contributed by atoms with Crippen LogP contribution in [0.15, 0.2) is 0 Å². The zero-order valence-corrected chi connectivity index (χ0v) is 13.5. The summed E-state index contributed by atoms with van der Waals surface area (Å²) >= 11 is 0. The molecular formula is C8H12N2O8Pb. The van der Waals surface area contributed by atoms with E-state index in [0.717, 1.165) is 0 Å². The van der Waals surface area contributed by atoms with Gasteiger partial charge in [0.05, 0.1) is 36.9 Å². The van der Waals surface area contributed by atoms with E-state index in [2.05, 4.69) is 0 Å². The summed E-state index contributed by atoms with van der Waals surface area (Å²) in [6, 6.07) is -2.80. The number of hydrogen-bond acceptors (Lipinski definition) is 8. The first-order chi connectivity index (χ1) is 8.07. The number of carboxylic acid groups (broad SMARTS) is 4. The number of carboxylic acids is 4. The fourth-order valence-electron chi connectivity index (χ4n) is 0.543. The third kappa shape index (κ3) is 16.7. The molecule has 0 rings (SSSR count). The van der Waals surface area contributed by atoms with Crippen molar-refractivity contribution in [3.63, 3.8) is 0 Å². The van der Waals surface area contributed by atoms with Crippen LogP contribution in [-0.4, -0.2) is 73.5 Å². The minimum atomic E-state index is -1.54. The van der Waals surface area contributed by atoms with Crippen molar-refractivity contribution in [2.45, 2.75) is 24.9 Å². The molecule has 0 heterocycles. The van der Waals surface area contributed by atoms with Gasteiger partial charge in [0.2, 0.25) is 0 Å². The zero-order chi connectivity index (χ0) is 14.9. The maximum Gasteiger partial charge on any atom is 2.00 e. The van der Waals surface area contributed by atoms with Gasteiger partial charge in [-0.2, -0.15) is 0 Å². The first-order valence-electron chi connectivity index (χ1n) is 4.44. The number of aliphatic carboxylic acids is 4. The third-order valence-corrected chi connectivity index (χ3v) is 1.39. The molecule has 0 aromatic heterocycles. The van der Waals surface area contributed by atoms with Gasteiger partial charge >= 0.3 is 39.2 Å². The molecule has 11 heteroatoms. The average Bonchev–Trinajstić information content (AvgIpc) is 2.16. The van der Waals surface area contributed by atoms with E-state index >= 15 is 0 Å². The Labute approximate surface area is 127 Å². The van der Waals surface area contributed by atoms with Crippen LogP contribution >= 0.6 is 0 Å². The minimum absolute atomic E-state index is 0. The first-order valence-corrected chi connectivity index (χ1v) is 4.44. The van der Waals surface area contributed by atoms with Gasteiger partial charge < -0.3 is 41.5 Å². The van der Waals surface area contributed by atoms with Crippen molar-refractivity contribution in [3.05, 3.63) is 0 Å². The van der Waals surface area contributed by atoms with E-state index in [4.69, 9.17) is 21.7 Å². The summed E-state index contributed by atoms with van der Waals surface area (Å²) in [5.41, 5.74) is 9.55. The van der Waals surface area contributed by atoms with Crippen LogP contribution in [0.4, 0.5) is 0 Å². The van der Waals surface area contributed by atoms with Gasteiger partial charge in [-0.1, -0.05) is 0 Å². The van der Waals surface area contributed by atoms with Crippen LogP contribution in [0.2, 0.25) is 0 Å². The largest absolute Gasteiger partial charge is 2.00 e. The fourth-order valence-corrected chi connectivity index (χ4v) is 0.543. The van der Waals surface area contributed by atoms with Crippen LogP contribution < -0.4 is 21.7 Å². The minimum Gasteiger partial charge on any atom is -0.548 e. The number of carbonyl (C=O) groups excluding carboxylic acids is 2. The molecule has 0 aromatic carbocycles. The molecule has 6 N–H and O–H groups in total. The molecule has 0 saturated carbocycles. The maximum atomic E-state index is 9.74. The van der Waals surface area contributed by atoms with Crippen LogP contribution in [0, 0.1) is 0 Å². The molecule has 10 nitrogen and oxygen atoms in total. The Morgan fingerprint density at radius 1 is 0.842 bits per heavy atom. The van der Waals surface area contributed by atoms with E-state index in [0.29, 0.717) is 0 Å². The number of rotatable bonds is 6. The van der Waals surface area contributed by atoms with Crippen LogP contribution in [0.3, 0.4) is 0 Å². The van der Waals surface area contributed by atoms with Gasteiger partial charge in [0, 0.05) is 0 Å². The Hall–Kier alpha value is -1.28. The van der Waals surface area contributed by atoms with Crippen molar-refractivity contribution in [2.75, 3.05) is 0 Å². The zero-order valence-electron chi connectivity index (χ0n) is 9.57. The summed E-state index contributed by atoms with van der Waals surface area (Å²) in [5, 5.41) is 35.4. The summed E-state index contributed by atoms with van der Waals surface area (Å²) in [4.78, 5) is 39.0. The summed E-state index contributed by atoms with van der Waals surface area (Å²) in [6.45, 7) is 0. The second kappa shape index (κ2) is 11.8. The van der Waals surface area contributed by atoms with E-state index in [1.165, 1.54) is 0 Å². The first kappa shape index (κ1) is 22.9. The Bertz CT molecular complexity index is 303. The standard InChI is InChI=1S/2C4H7NO4.Pb/c2*5-2(4(8)9)1-3(6)7;/h2*2H,1,5H2,(H,6,7)(H,8,9);/q;;+2/p-2/t2*2-;/m00./s1. The number of hydrogen-bond donors (Lipinski definition) is 4. The molecule has 0 aliphatic heterocycles. The molecule has 0 aliphatic rings. The van der Waals surface area contributed by atoms with Crippen LogP contribution in [0.25, 0.3) is 0 Å². The van der Waals surface area contributed by atoms with E-state index in [-0.39, 0.29) is 27.3 Å². The smallest absolute Gasteiger partial charge is 0.548 e. The Morgan fingerprint density at radius 3 is 1.11 bits per heavy atom. The maximum absolute atomic E-state index is 9.74. The van der Waals surface area contributed by atoms with Crippen molar-refractivity contribution in [3.8, 4) is 0 Å². The molecule has 0 unspecified atom stereocenters. The summed E-state index contributed by atoms with van der Waals surface area (Å²) in [6.07, 6.45) is -1.19. The molecule has 106 valence electrons. The molecule has 0 bridgehead atoms. The number of nitrogens with two attached hydrogens (primary N) is 2. The third-order valence-electron chi connectivity index (χ3n) is 1.39. The van der Waals surface area contributed by atoms with Crippen LogP contribution in [0.5, 0.6) is 0 Å². The fraction of sp³-hybridized carbons (Fsp3) is 0.500. The molecule has 0 spiro atoms. The van der Waals surface area contributed by atoms with Gasteiger partial charge in [-0.25, -0.2) is 0 Å². The normalized spacial score (nSPS) is 11.9. The average molecular weight is 471 g/mol. The SMILES string of the molecule is N[C@@H](CC(=O)O)C(=O)[O-].N[C@@H](CC(=O)O)C(=O)[O-].[Pb+2]. The summed E-state index contributed by atoms with van der Waals surface area (Å²) < 4.78 is 0. The second-order valence-corrected chi connectivity index (χ2v) is 3.05. The Kier molecular flexibility index (Phi) is 14.2. The van der Waals surface area contributed by atoms with Gasteiger partial charge in [-0.05, 0) is 0 Å². The van der Waals surface area contributed by atoms with Gasteiger partial charge in [-0.3, -0.25) is 9.59 Å². The van der Waals surface area contributed by atoms with E-state index in [1.54, 1.807) is 0 Å². The van der Waals surface area contributed by atoms with Gasteiger partial charge in [0.1, 0.15) is 0 Å². The second-order valence-electron chi connectivity index (χ2n) is 3.05. The molecular weight excluding hydrogens is 459 g/mol. The quantitative estimate of drug-likeness (QED) is 0.271. The van der Waals surface area contributed by atoms with Crippen molar-refractivity contribution in [1.29, 1.82) is 0 Å². The Balaban J connectivity index is -0.000000256. The van der Waals surface area contributed by atoms with E-state index in [9.17, 15) is 29.4 Å². The van der Waals surface area contributed by atoms with E-state index in [1.807, 2.05) is 0 Å². The molecule has 2 radical (unpaired) electrons. The van der Waals surface area contributed by atoms with Gasteiger partial charge in [-0.15, -0.1) is 0 Å².